The fraction of sp³-hybridized carbons (Fsp3) is 0.353. The second-order valence-corrected chi connectivity index (χ2v) is 6.21. The topological polar surface area (TPSA) is 58.1 Å². The molecule has 0 atom stereocenters. The van der Waals surface area contributed by atoms with Crippen molar-refractivity contribution in [2.75, 3.05) is 30.7 Å². The van der Waals surface area contributed by atoms with Crippen LogP contribution in [-0.4, -0.2) is 46.4 Å². The second-order valence-electron chi connectivity index (χ2n) is 5.10. The minimum absolute atomic E-state index is 0.245. The third-order valence-corrected chi connectivity index (χ3v) is 4.42. The largest absolute Gasteiger partial charge is 0.305 e. The van der Waals surface area contributed by atoms with Gasteiger partial charge in [0.05, 0.1) is 0 Å². The van der Waals surface area contributed by atoms with Crippen LogP contribution in [0, 0.1) is 5.82 Å². The van der Waals surface area contributed by atoms with Crippen molar-refractivity contribution in [3.8, 4) is 0 Å². The number of nitrogens with zero attached hydrogens (tertiary/aromatic N) is 3. The summed E-state index contributed by atoms with van der Waals surface area (Å²) in [6.45, 7) is 7.35. The summed E-state index contributed by atoms with van der Waals surface area (Å²) in [6, 6.07) is 9.03. The Bertz CT molecular complexity index is 662. The maximum atomic E-state index is 13.1. The van der Waals surface area contributed by atoms with E-state index < -0.39 is 11.7 Å². The Morgan fingerprint density at radius 3 is 2.62 bits per heavy atom. The van der Waals surface area contributed by atoms with Gasteiger partial charge in [-0.25, -0.2) is 4.39 Å². The van der Waals surface area contributed by atoms with Crippen molar-refractivity contribution >= 4 is 23.5 Å². The molecule has 7 heteroatoms. The SMILES string of the molecule is CCN(CC)CCSc1ccc(NC(=O)c2cccc(F)c2)nn1. The summed E-state index contributed by atoms with van der Waals surface area (Å²) in [5.41, 5.74) is 0.245. The van der Waals surface area contributed by atoms with Crippen LogP contribution in [0.2, 0.25) is 0 Å². The Morgan fingerprint density at radius 1 is 1.21 bits per heavy atom. The first-order valence-corrected chi connectivity index (χ1v) is 8.86. The lowest BCUT2D eigenvalue weighted by Gasteiger charge is -2.16. The smallest absolute Gasteiger partial charge is 0.256 e. The third kappa shape index (κ3) is 5.58. The zero-order valence-electron chi connectivity index (χ0n) is 13.8. The van der Waals surface area contributed by atoms with Gasteiger partial charge < -0.3 is 10.2 Å². The van der Waals surface area contributed by atoms with Crippen molar-refractivity contribution in [3.05, 3.63) is 47.8 Å². The zero-order valence-corrected chi connectivity index (χ0v) is 14.6. The molecule has 1 heterocycles. The first-order chi connectivity index (χ1) is 11.6. The highest BCUT2D eigenvalue weighted by atomic mass is 32.2. The molecular formula is C17H21FN4OS. The summed E-state index contributed by atoms with van der Waals surface area (Å²) in [4.78, 5) is 14.3. The molecular weight excluding hydrogens is 327 g/mol. The van der Waals surface area contributed by atoms with E-state index in [2.05, 4.69) is 34.3 Å². The van der Waals surface area contributed by atoms with Crippen LogP contribution in [0.3, 0.4) is 0 Å². The minimum atomic E-state index is -0.450. The number of nitrogens with one attached hydrogen (secondary N) is 1. The van der Waals surface area contributed by atoms with Crippen LogP contribution in [0.5, 0.6) is 0 Å². The van der Waals surface area contributed by atoms with Crippen molar-refractivity contribution < 1.29 is 9.18 Å². The van der Waals surface area contributed by atoms with Gasteiger partial charge in [-0.3, -0.25) is 4.79 Å². The Balaban J connectivity index is 1.86. The molecule has 1 aromatic heterocycles. The van der Waals surface area contributed by atoms with Gasteiger partial charge in [0.2, 0.25) is 0 Å². The zero-order chi connectivity index (χ0) is 17.4. The second kappa shape index (κ2) is 9.34. The molecule has 5 nitrogen and oxygen atoms in total. The maximum Gasteiger partial charge on any atom is 0.256 e. The lowest BCUT2D eigenvalue weighted by Crippen LogP contribution is -2.25. The van der Waals surface area contributed by atoms with Crippen molar-refractivity contribution in [1.82, 2.24) is 15.1 Å². The van der Waals surface area contributed by atoms with Crippen molar-refractivity contribution in [3.63, 3.8) is 0 Å². The van der Waals surface area contributed by atoms with Gasteiger partial charge in [0.25, 0.3) is 5.91 Å². The molecule has 0 aliphatic rings. The van der Waals surface area contributed by atoms with Gasteiger partial charge in [-0.2, -0.15) is 0 Å². The summed E-state index contributed by atoms with van der Waals surface area (Å²) in [7, 11) is 0. The molecule has 0 radical (unpaired) electrons. The average molecular weight is 348 g/mol. The third-order valence-electron chi connectivity index (χ3n) is 3.52. The number of thioether (sulfide) groups is 1. The van der Waals surface area contributed by atoms with E-state index in [9.17, 15) is 9.18 Å². The van der Waals surface area contributed by atoms with E-state index >= 15 is 0 Å². The fourth-order valence-electron chi connectivity index (χ4n) is 2.10. The molecule has 1 amide bonds. The molecule has 0 aliphatic heterocycles. The molecule has 24 heavy (non-hydrogen) atoms. The van der Waals surface area contributed by atoms with Crippen molar-refractivity contribution in [2.45, 2.75) is 18.9 Å². The molecule has 0 saturated carbocycles. The number of amides is 1. The van der Waals surface area contributed by atoms with Gasteiger partial charge in [-0.05, 0) is 43.4 Å². The normalized spacial score (nSPS) is 10.8. The van der Waals surface area contributed by atoms with Crippen molar-refractivity contribution in [1.29, 1.82) is 0 Å². The molecule has 2 rings (SSSR count). The van der Waals surface area contributed by atoms with Gasteiger partial charge in [0.15, 0.2) is 5.82 Å². The molecule has 0 unspecified atom stereocenters. The van der Waals surface area contributed by atoms with Gasteiger partial charge in [0.1, 0.15) is 10.8 Å². The van der Waals surface area contributed by atoms with Gasteiger partial charge in [-0.1, -0.05) is 19.9 Å². The predicted molar refractivity (Wildman–Crippen MR) is 94.9 cm³/mol. The van der Waals surface area contributed by atoms with Crippen LogP contribution in [0.15, 0.2) is 41.4 Å². The molecule has 0 spiro atoms. The van der Waals surface area contributed by atoms with Gasteiger partial charge >= 0.3 is 0 Å². The molecule has 2 aromatic rings. The van der Waals surface area contributed by atoms with Crippen LogP contribution in [0.25, 0.3) is 0 Å². The summed E-state index contributed by atoms with van der Waals surface area (Å²) in [5, 5.41) is 11.5. The Morgan fingerprint density at radius 2 is 2.00 bits per heavy atom. The monoisotopic (exact) mass is 348 g/mol. The molecule has 0 aliphatic carbocycles. The van der Waals surface area contributed by atoms with Crippen LogP contribution >= 0.6 is 11.8 Å². The van der Waals surface area contributed by atoms with Gasteiger partial charge in [0, 0.05) is 17.9 Å². The average Bonchev–Trinajstić information content (AvgIpc) is 2.60. The van der Waals surface area contributed by atoms with Gasteiger partial charge in [-0.15, -0.1) is 22.0 Å². The number of aromatic nitrogens is 2. The standard InChI is InChI=1S/C17H21FN4OS/c1-3-22(4-2)10-11-24-16-9-8-15(20-21-16)19-17(23)13-6-5-7-14(18)12-13/h5-9,12H,3-4,10-11H2,1-2H3,(H,19,20,23). The van der Waals surface area contributed by atoms with Crippen LogP contribution < -0.4 is 5.32 Å². The number of rotatable bonds is 8. The molecule has 128 valence electrons. The highest BCUT2D eigenvalue weighted by Gasteiger charge is 2.08. The highest BCUT2D eigenvalue weighted by Crippen LogP contribution is 2.16. The number of carbonyl (C=O) groups excluding carboxylic acids is 1. The molecule has 0 fully saturated rings. The van der Waals surface area contributed by atoms with Crippen LogP contribution in [-0.2, 0) is 0 Å². The van der Waals surface area contributed by atoms with E-state index in [1.54, 1.807) is 23.9 Å². The summed E-state index contributed by atoms with van der Waals surface area (Å²) >= 11 is 1.63. The van der Waals surface area contributed by atoms with Crippen molar-refractivity contribution in [2.24, 2.45) is 0 Å². The number of hydrogen-bond donors (Lipinski definition) is 1. The molecule has 1 N–H and O–H groups in total. The van der Waals surface area contributed by atoms with E-state index in [1.165, 1.54) is 18.2 Å². The maximum absolute atomic E-state index is 13.1. The lowest BCUT2D eigenvalue weighted by molar-refractivity contribution is 0.102. The molecule has 0 bridgehead atoms. The van der Waals surface area contributed by atoms with E-state index in [-0.39, 0.29) is 5.56 Å². The highest BCUT2D eigenvalue weighted by molar-refractivity contribution is 7.99. The number of benzene rings is 1. The van der Waals surface area contributed by atoms with Crippen LogP contribution in [0.4, 0.5) is 10.2 Å². The Labute approximate surface area is 145 Å². The Kier molecular flexibility index (Phi) is 7.14. The lowest BCUT2D eigenvalue weighted by atomic mass is 10.2. The number of carbonyl (C=O) groups is 1. The quantitative estimate of drug-likeness (QED) is 0.742. The fourth-order valence-corrected chi connectivity index (χ4v) is 2.92. The predicted octanol–water partition coefficient (Wildman–Crippen LogP) is 3.30. The molecule has 0 saturated heterocycles. The number of anilines is 1. The summed E-state index contributed by atoms with van der Waals surface area (Å²) in [6.07, 6.45) is 0. The molecule has 1 aromatic carbocycles. The summed E-state index contributed by atoms with van der Waals surface area (Å²) < 4.78 is 13.1. The number of halogens is 1. The van der Waals surface area contributed by atoms with E-state index in [0.29, 0.717) is 5.82 Å². The minimum Gasteiger partial charge on any atom is -0.305 e. The Hall–Kier alpha value is -1.99. The van der Waals surface area contributed by atoms with E-state index in [0.717, 1.165) is 30.4 Å². The summed E-state index contributed by atoms with van der Waals surface area (Å²) in [5.74, 6) is 0.419. The number of hydrogen-bond acceptors (Lipinski definition) is 5. The first kappa shape index (κ1) is 18.4. The van der Waals surface area contributed by atoms with Crippen LogP contribution in [0.1, 0.15) is 24.2 Å². The van der Waals surface area contributed by atoms with E-state index in [1.807, 2.05) is 6.07 Å². The first-order valence-electron chi connectivity index (χ1n) is 7.88. The van der Waals surface area contributed by atoms with E-state index in [4.69, 9.17) is 0 Å².